The predicted octanol–water partition coefficient (Wildman–Crippen LogP) is 3.64. The van der Waals surface area contributed by atoms with E-state index in [1.54, 1.807) is 30.1 Å². The number of fused-ring (bicyclic) bond motifs is 1. The number of hydrogen-bond acceptors (Lipinski definition) is 7. The van der Waals surface area contributed by atoms with Crippen LogP contribution in [0.15, 0.2) is 53.2 Å². The Bertz CT molecular complexity index is 1580. The van der Waals surface area contributed by atoms with E-state index in [4.69, 9.17) is 4.42 Å². The molecule has 0 spiro atoms. The molecule has 0 aliphatic carbocycles. The molecule has 208 valence electrons. The standard InChI is InChI=1S/C28H28F2N6O4/c1-15-13-31-25(34-26-6-8-32-35(26)3)12-18(15)24-11-19-23(40-24)7-9-36(28(19)39)16(2)27(38)33-22(14-37)17-4-5-20(29)21(30)10-17/h4-6,8,10-13,16,22,37H,7,9,14H2,1-3H3,(H,31,34)(H,33,38)/t16-,22?/m1/s1. The first-order valence-corrected chi connectivity index (χ1v) is 12.7. The van der Waals surface area contributed by atoms with Gasteiger partial charge in [-0.1, -0.05) is 6.07 Å². The summed E-state index contributed by atoms with van der Waals surface area (Å²) in [6.07, 6.45) is 3.78. The van der Waals surface area contributed by atoms with Crippen molar-refractivity contribution in [2.24, 2.45) is 7.05 Å². The van der Waals surface area contributed by atoms with Crippen LogP contribution in [0.5, 0.6) is 0 Å². The van der Waals surface area contributed by atoms with Crippen LogP contribution < -0.4 is 10.6 Å². The predicted molar refractivity (Wildman–Crippen MR) is 142 cm³/mol. The third-order valence-electron chi connectivity index (χ3n) is 7.02. The van der Waals surface area contributed by atoms with Crippen molar-refractivity contribution in [1.82, 2.24) is 25.0 Å². The van der Waals surface area contributed by atoms with Crippen LogP contribution in [-0.4, -0.2) is 55.8 Å². The SMILES string of the molecule is Cc1cnc(Nc2ccnn2C)cc1-c1cc2c(o1)CCN([C@H](C)C(=O)NC(CO)c1ccc(F)c(F)c1)C2=O. The van der Waals surface area contributed by atoms with Gasteiger partial charge in [0.1, 0.15) is 29.2 Å². The molecule has 0 saturated heterocycles. The summed E-state index contributed by atoms with van der Waals surface area (Å²) in [5.74, 6) is -0.662. The second-order valence-corrected chi connectivity index (χ2v) is 9.64. The van der Waals surface area contributed by atoms with Gasteiger partial charge in [0.2, 0.25) is 5.91 Å². The molecule has 5 rings (SSSR count). The number of pyridine rings is 1. The van der Waals surface area contributed by atoms with Gasteiger partial charge in [-0.25, -0.2) is 13.8 Å². The number of anilines is 2. The summed E-state index contributed by atoms with van der Waals surface area (Å²) in [5, 5.41) is 19.7. The van der Waals surface area contributed by atoms with Crippen molar-refractivity contribution < 1.29 is 27.9 Å². The van der Waals surface area contributed by atoms with Crippen LogP contribution in [0, 0.1) is 18.6 Å². The van der Waals surface area contributed by atoms with Gasteiger partial charge in [-0.2, -0.15) is 5.10 Å². The van der Waals surface area contributed by atoms with Gasteiger partial charge < -0.3 is 25.1 Å². The molecule has 2 amide bonds. The fourth-order valence-corrected chi connectivity index (χ4v) is 4.66. The fourth-order valence-electron chi connectivity index (χ4n) is 4.66. The van der Waals surface area contributed by atoms with E-state index in [0.717, 1.165) is 29.1 Å². The Balaban J connectivity index is 1.33. The Morgan fingerprint density at radius 3 is 2.67 bits per heavy atom. The van der Waals surface area contributed by atoms with E-state index >= 15 is 0 Å². The van der Waals surface area contributed by atoms with Crippen LogP contribution in [0.4, 0.5) is 20.4 Å². The summed E-state index contributed by atoms with van der Waals surface area (Å²) < 4.78 is 34.8. The van der Waals surface area contributed by atoms with Crippen molar-refractivity contribution in [2.75, 3.05) is 18.5 Å². The van der Waals surface area contributed by atoms with E-state index in [9.17, 15) is 23.5 Å². The molecule has 12 heteroatoms. The number of aliphatic hydroxyl groups is 1. The highest BCUT2D eigenvalue weighted by molar-refractivity contribution is 6.00. The highest BCUT2D eigenvalue weighted by Crippen LogP contribution is 2.33. The zero-order chi connectivity index (χ0) is 28.6. The number of aliphatic hydroxyl groups excluding tert-OH is 1. The number of aryl methyl sites for hydroxylation is 2. The maximum Gasteiger partial charge on any atom is 0.258 e. The molecule has 0 radical (unpaired) electrons. The van der Waals surface area contributed by atoms with E-state index in [0.29, 0.717) is 29.3 Å². The van der Waals surface area contributed by atoms with Crippen LogP contribution in [0.2, 0.25) is 0 Å². The topological polar surface area (TPSA) is 126 Å². The van der Waals surface area contributed by atoms with Gasteiger partial charge in [-0.3, -0.25) is 14.3 Å². The van der Waals surface area contributed by atoms with E-state index in [2.05, 4.69) is 20.7 Å². The van der Waals surface area contributed by atoms with Gasteiger partial charge in [0, 0.05) is 37.8 Å². The quantitative estimate of drug-likeness (QED) is 0.306. The molecule has 1 aliphatic heterocycles. The summed E-state index contributed by atoms with van der Waals surface area (Å²) >= 11 is 0. The van der Waals surface area contributed by atoms with Crippen LogP contribution in [0.1, 0.15) is 40.2 Å². The Morgan fingerprint density at radius 2 is 1.98 bits per heavy atom. The van der Waals surface area contributed by atoms with Crippen LogP contribution in [0.25, 0.3) is 11.3 Å². The maximum absolute atomic E-state index is 13.7. The fraction of sp³-hybridized carbons (Fsp3) is 0.286. The lowest BCUT2D eigenvalue weighted by atomic mass is 10.0. The second kappa shape index (κ2) is 10.9. The smallest absolute Gasteiger partial charge is 0.258 e. The second-order valence-electron chi connectivity index (χ2n) is 9.64. The van der Waals surface area contributed by atoms with Crippen molar-refractivity contribution in [2.45, 2.75) is 32.4 Å². The number of nitrogens with zero attached hydrogens (tertiary/aromatic N) is 4. The number of carbonyl (C=O) groups is 2. The molecule has 2 atom stereocenters. The first-order chi connectivity index (χ1) is 19.2. The molecule has 0 saturated carbocycles. The van der Waals surface area contributed by atoms with Gasteiger partial charge in [-0.05, 0) is 49.2 Å². The summed E-state index contributed by atoms with van der Waals surface area (Å²) in [6, 6.07) is 6.59. The van der Waals surface area contributed by atoms with Crippen LogP contribution in [0.3, 0.4) is 0 Å². The molecule has 4 aromatic rings. The molecular formula is C28H28F2N6O4. The number of halogens is 2. The Kier molecular flexibility index (Phi) is 7.35. The zero-order valence-electron chi connectivity index (χ0n) is 22.1. The lowest BCUT2D eigenvalue weighted by molar-refractivity contribution is -0.126. The van der Waals surface area contributed by atoms with Gasteiger partial charge in [-0.15, -0.1) is 0 Å². The Hall–Kier alpha value is -4.58. The largest absolute Gasteiger partial charge is 0.460 e. The molecule has 4 heterocycles. The molecule has 40 heavy (non-hydrogen) atoms. The van der Waals surface area contributed by atoms with Crippen LogP contribution in [-0.2, 0) is 18.3 Å². The highest BCUT2D eigenvalue weighted by Gasteiger charge is 2.35. The summed E-state index contributed by atoms with van der Waals surface area (Å²) in [5.41, 5.74) is 2.18. The third-order valence-corrected chi connectivity index (χ3v) is 7.02. The average molecular weight is 551 g/mol. The molecule has 3 N–H and O–H groups in total. The van der Waals surface area contributed by atoms with Gasteiger partial charge in [0.05, 0.1) is 24.4 Å². The molecular weight excluding hydrogens is 522 g/mol. The minimum atomic E-state index is -1.09. The number of furan rings is 1. The van der Waals surface area contributed by atoms with Crippen molar-refractivity contribution >= 4 is 23.5 Å². The minimum absolute atomic E-state index is 0.207. The van der Waals surface area contributed by atoms with Gasteiger partial charge >= 0.3 is 0 Å². The lowest BCUT2D eigenvalue weighted by Gasteiger charge is -2.32. The van der Waals surface area contributed by atoms with Crippen molar-refractivity contribution in [1.29, 1.82) is 0 Å². The number of nitrogens with one attached hydrogen (secondary N) is 2. The normalized spacial score (nSPS) is 14.6. The molecule has 0 bridgehead atoms. The first kappa shape index (κ1) is 27.0. The summed E-state index contributed by atoms with van der Waals surface area (Å²) in [6.45, 7) is 3.17. The first-order valence-electron chi connectivity index (χ1n) is 12.7. The maximum atomic E-state index is 13.7. The number of rotatable bonds is 8. The van der Waals surface area contributed by atoms with Gasteiger partial charge in [0.15, 0.2) is 11.6 Å². The van der Waals surface area contributed by atoms with E-state index in [1.807, 2.05) is 26.1 Å². The molecule has 0 fully saturated rings. The molecule has 1 aliphatic rings. The number of benzene rings is 1. The van der Waals surface area contributed by atoms with E-state index in [-0.39, 0.29) is 18.0 Å². The van der Waals surface area contributed by atoms with E-state index in [1.165, 1.54) is 11.0 Å². The van der Waals surface area contributed by atoms with Gasteiger partial charge in [0.25, 0.3) is 5.91 Å². The summed E-state index contributed by atoms with van der Waals surface area (Å²) in [7, 11) is 1.81. The number of carbonyl (C=O) groups excluding carboxylic acids is 2. The number of aromatic nitrogens is 3. The molecule has 3 aromatic heterocycles. The minimum Gasteiger partial charge on any atom is -0.460 e. The Morgan fingerprint density at radius 1 is 1.18 bits per heavy atom. The molecule has 1 aromatic carbocycles. The number of amides is 2. The van der Waals surface area contributed by atoms with Crippen molar-refractivity contribution in [3.05, 3.63) is 82.9 Å². The number of hydrogen-bond donors (Lipinski definition) is 3. The molecule has 1 unspecified atom stereocenters. The summed E-state index contributed by atoms with van der Waals surface area (Å²) in [4.78, 5) is 32.3. The van der Waals surface area contributed by atoms with E-state index < -0.39 is 36.2 Å². The lowest BCUT2D eigenvalue weighted by Crippen LogP contribution is -2.51. The van der Waals surface area contributed by atoms with Crippen LogP contribution >= 0.6 is 0 Å². The highest BCUT2D eigenvalue weighted by atomic mass is 19.2. The monoisotopic (exact) mass is 550 g/mol. The Labute approximate surface area is 228 Å². The third kappa shape index (κ3) is 5.17. The molecule has 10 nitrogen and oxygen atoms in total. The van der Waals surface area contributed by atoms with Crippen molar-refractivity contribution in [3.63, 3.8) is 0 Å². The van der Waals surface area contributed by atoms with Crippen molar-refractivity contribution in [3.8, 4) is 11.3 Å². The average Bonchev–Trinajstić information content (AvgIpc) is 3.56. The zero-order valence-corrected chi connectivity index (χ0v) is 22.1.